The highest BCUT2D eigenvalue weighted by Crippen LogP contribution is 2.30. The molecule has 0 spiro atoms. The number of hydrogen-bond acceptors (Lipinski definition) is 7. The lowest BCUT2D eigenvalue weighted by atomic mass is 9.96. The molecule has 5 rings (SSSR count). The molecule has 2 aliphatic rings. The lowest BCUT2D eigenvalue weighted by molar-refractivity contribution is -0.139. The molecule has 30 heavy (non-hydrogen) atoms. The number of aromatic nitrogens is 3. The van der Waals surface area contributed by atoms with Gasteiger partial charge in [-0.3, -0.25) is 4.79 Å². The number of carbonyl (C=O) groups excluding carboxylic acids is 1. The van der Waals surface area contributed by atoms with Gasteiger partial charge < -0.3 is 19.3 Å². The van der Waals surface area contributed by atoms with Crippen LogP contribution >= 0.6 is 11.3 Å². The quantitative estimate of drug-likeness (QED) is 0.637. The largest absolute Gasteiger partial charge is 0.497 e. The number of ether oxygens (including phenoxy) is 2. The Balaban J connectivity index is 1.30. The number of fused-ring (bicyclic) bond motifs is 1. The predicted octanol–water partition coefficient (Wildman–Crippen LogP) is 2.54. The summed E-state index contributed by atoms with van der Waals surface area (Å²) in [6.07, 6.45) is 3.90. The normalized spacial score (nSPS) is 20.0. The number of carbonyl (C=O) groups is 1. The Bertz CT molecular complexity index is 994. The van der Waals surface area contributed by atoms with Gasteiger partial charge in [0.05, 0.1) is 38.1 Å². The minimum Gasteiger partial charge on any atom is -0.497 e. The minimum absolute atomic E-state index is 0.0305. The molecule has 0 aliphatic carbocycles. The lowest BCUT2D eigenvalue weighted by Crippen LogP contribution is -2.48. The summed E-state index contributed by atoms with van der Waals surface area (Å²) >= 11 is 1.57. The van der Waals surface area contributed by atoms with Gasteiger partial charge in [-0.1, -0.05) is 11.3 Å². The van der Waals surface area contributed by atoms with Gasteiger partial charge >= 0.3 is 0 Å². The monoisotopic (exact) mass is 427 g/mol. The third-order valence-electron chi connectivity index (χ3n) is 5.78. The lowest BCUT2D eigenvalue weighted by Gasteiger charge is -2.35. The molecule has 1 atom stereocenters. The maximum atomic E-state index is 12.9. The van der Waals surface area contributed by atoms with Crippen LogP contribution in [0.4, 0.5) is 5.13 Å². The first-order valence-corrected chi connectivity index (χ1v) is 11.1. The van der Waals surface area contributed by atoms with E-state index in [4.69, 9.17) is 19.6 Å². The zero-order chi connectivity index (χ0) is 20.5. The SMILES string of the molecule is COc1ccc(-c2cn3nc(N4CCC[C@@H](C(=O)N5CCOCC5)C4)sc3n2)cc1. The van der Waals surface area contributed by atoms with E-state index < -0.39 is 0 Å². The number of hydrogen-bond donors (Lipinski definition) is 0. The van der Waals surface area contributed by atoms with Gasteiger partial charge in [0.15, 0.2) is 0 Å². The van der Waals surface area contributed by atoms with Gasteiger partial charge in [0, 0.05) is 31.7 Å². The summed E-state index contributed by atoms with van der Waals surface area (Å²) < 4.78 is 12.4. The molecule has 3 aromatic rings. The van der Waals surface area contributed by atoms with Crippen LogP contribution in [0.2, 0.25) is 0 Å². The summed E-state index contributed by atoms with van der Waals surface area (Å²) in [5.74, 6) is 1.11. The smallest absolute Gasteiger partial charge is 0.227 e. The van der Waals surface area contributed by atoms with Crippen LogP contribution in [0.15, 0.2) is 30.5 Å². The van der Waals surface area contributed by atoms with E-state index in [1.54, 1.807) is 18.4 Å². The van der Waals surface area contributed by atoms with Crippen molar-refractivity contribution in [1.82, 2.24) is 19.5 Å². The highest BCUT2D eigenvalue weighted by Gasteiger charge is 2.31. The van der Waals surface area contributed by atoms with Gasteiger partial charge in [0.25, 0.3) is 0 Å². The maximum absolute atomic E-state index is 12.9. The van der Waals surface area contributed by atoms with Crippen molar-refractivity contribution in [2.45, 2.75) is 12.8 Å². The number of rotatable bonds is 4. The van der Waals surface area contributed by atoms with Gasteiger partial charge in [0.1, 0.15) is 5.75 Å². The second-order valence-electron chi connectivity index (χ2n) is 7.69. The van der Waals surface area contributed by atoms with E-state index in [1.165, 1.54) is 0 Å². The van der Waals surface area contributed by atoms with Crippen molar-refractivity contribution in [2.75, 3.05) is 51.4 Å². The van der Waals surface area contributed by atoms with Crippen LogP contribution in [-0.4, -0.2) is 71.9 Å². The molecular formula is C21H25N5O3S. The number of amides is 1. The van der Waals surface area contributed by atoms with Crippen molar-refractivity contribution in [3.63, 3.8) is 0 Å². The Morgan fingerprint density at radius 3 is 2.73 bits per heavy atom. The van der Waals surface area contributed by atoms with Crippen LogP contribution in [0.25, 0.3) is 16.2 Å². The number of piperidine rings is 1. The first kappa shape index (κ1) is 19.3. The van der Waals surface area contributed by atoms with Crippen molar-refractivity contribution in [3.8, 4) is 17.0 Å². The highest BCUT2D eigenvalue weighted by molar-refractivity contribution is 7.20. The Hall–Kier alpha value is -2.65. The van der Waals surface area contributed by atoms with Crippen molar-refractivity contribution in [1.29, 1.82) is 0 Å². The first-order valence-electron chi connectivity index (χ1n) is 10.3. The summed E-state index contributed by atoms with van der Waals surface area (Å²) in [5.41, 5.74) is 1.92. The van der Waals surface area contributed by atoms with Crippen molar-refractivity contribution in [2.24, 2.45) is 5.92 Å². The fourth-order valence-corrected chi connectivity index (χ4v) is 5.03. The van der Waals surface area contributed by atoms with Gasteiger partial charge in [0.2, 0.25) is 16.0 Å². The summed E-state index contributed by atoms with van der Waals surface area (Å²) in [6.45, 7) is 4.33. The minimum atomic E-state index is 0.0305. The third kappa shape index (κ3) is 3.75. The summed E-state index contributed by atoms with van der Waals surface area (Å²) in [5, 5.41) is 5.68. The molecule has 2 saturated heterocycles. The average Bonchev–Trinajstić information content (AvgIpc) is 3.39. The molecule has 0 unspecified atom stereocenters. The molecule has 0 saturated carbocycles. The maximum Gasteiger partial charge on any atom is 0.227 e. The number of nitrogens with zero attached hydrogens (tertiary/aromatic N) is 5. The molecular weight excluding hydrogens is 402 g/mol. The Morgan fingerprint density at radius 1 is 1.20 bits per heavy atom. The highest BCUT2D eigenvalue weighted by atomic mass is 32.1. The fourth-order valence-electron chi connectivity index (χ4n) is 4.11. The molecule has 2 aromatic heterocycles. The second kappa shape index (κ2) is 8.23. The van der Waals surface area contributed by atoms with Crippen LogP contribution in [0.1, 0.15) is 12.8 Å². The van der Waals surface area contributed by atoms with E-state index >= 15 is 0 Å². The van der Waals surface area contributed by atoms with E-state index in [1.807, 2.05) is 39.9 Å². The summed E-state index contributed by atoms with van der Waals surface area (Å²) in [7, 11) is 1.66. The molecule has 9 heteroatoms. The van der Waals surface area contributed by atoms with Crippen LogP contribution < -0.4 is 9.64 Å². The van der Waals surface area contributed by atoms with Crippen molar-refractivity contribution < 1.29 is 14.3 Å². The van der Waals surface area contributed by atoms with Gasteiger partial charge in [-0.25, -0.2) is 9.50 Å². The van der Waals surface area contributed by atoms with Crippen LogP contribution in [0.5, 0.6) is 5.75 Å². The van der Waals surface area contributed by atoms with Crippen LogP contribution in [0, 0.1) is 5.92 Å². The third-order valence-corrected chi connectivity index (χ3v) is 6.77. The van der Waals surface area contributed by atoms with Crippen LogP contribution in [0.3, 0.4) is 0 Å². The number of imidazole rings is 1. The Labute approximate surface area is 179 Å². The second-order valence-corrected chi connectivity index (χ2v) is 8.62. The molecule has 2 aliphatic heterocycles. The van der Waals surface area contributed by atoms with Gasteiger partial charge in [-0.05, 0) is 37.1 Å². The molecule has 2 fully saturated rings. The topological polar surface area (TPSA) is 72.2 Å². The number of benzene rings is 1. The number of morpholine rings is 1. The molecule has 8 nitrogen and oxygen atoms in total. The van der Waals surface area contributed by atoms with E-state index in [0.29, 0.717) is 26.3 Å². The molecule has 1 aromatic carbocycles. The Morgan fingerprint density at radius 2 is 2.00 bits per heavy atom. The molecule has 0 radical (unpaired) electrons. The first-order chi connectivity index (χ1) is 14.7. The van der Waals surface area contributed by atoms with Crippen LogP contribution in [-0.2, 0) is 9.53 Å². The average molecular weight is 428 g/mol. The summed E-state index contributed by atoms with van der Waals surface area (Å²) in [6, 6.07) is 7.86. The van der Waals surface area contributed by atoms with E-state index in [0.717, 1.165) is 53.0 Å². The fraction of sp³-hybridized carbons (Fsp3) is 0.476. The molecule has 0 bridgehead atoms. The zero-order valence-corrected chi connectivity index (χ0v) is 17.8. The molecule has 1 amide bonds. The number of anilines is 1. The molecule has 0 N–H and O–H groups in total. The van der Waals surface area contributed by atoms with E-state index in [-0.39, 0.29) is 11.8 Å². The van der Waals surface area contributed by atoms with Gasteiger partial charge in [-0.15, -0.1) is 5.10 Å². The Kier molecular flexibility index (Phi) is 5.30. The number of methoxy groups -OCH3 is 1. The zero-order valence-electron chi connectivity index (χ0n) is 17.0. The standard InChI is InChI=1S/C21H25N5O3S/c1-28-17-6-4-15(5-7-17)18-14-26-20(22-18)30-21(23-26)25-8-2-3-16(13-25)19(27)24-9-11-29-12-10-24/h4-7,14,16H,2-3,8-13H2,1H3/t16-/m1/s1. The van der Waals surface area contributed by atoms with E-state index in [2.05, 4.69) is 4.90 Å². The van der Waals surface area contributed by atoms with E-state index in [9.17, 15) is 4.79 Å². The molecule has 158 valence electrons. The van der Waals surface area contributed by atoms with Crippen molar-refractivity contribution >= 4 is 27.3 Å². The molecule has 4 heterocycles. The van der Waals surface area contributed by atoms with Crippen molar-refractivity contribution in [3.05, 3.63) is 30.5 Å². The predicted molar refractivity (Wildman–Crippen MR) is 115 cm³/mol. The summed E-state index contributed by atoms with van der Waals surface area (Å²) in [4.78, 5) is 22.7. The van der Waals surface area contributed by atoms with Gasteiger partial charge in [-0.2, -0.15) is 0 Å².